The third-order valence-electron chi connectivity index (χ3n) is 6.40. The van der Waals surface area contributed by atoms with Gasteiger partial charge in [-0.3, -0.25) is 15.0 Å². The fourth-order valence-electron chi connectivity index (χ4n) is 4.95. The van der Waals surface area contributed by atoms with Gasteiger partial charge in [0.1, 0.15) is 0 Å². The minimum absolute atomic E-state index is 0.0905. The predicted molar refractivity (Wildman–Crippen MR) is 101 cm³/mol. The third kappa shape index (κ3) is 4.82. The van der Waals surface area contributed by atoms with Crippen molar-refractivity contribution in [3.8, 4) is 0 Å². The van der Waals surface area contributed by atoms with E-state index in [9.17, 15) is 10.1 Å². The van der Waals surface area contributed by atoms with Gasteiger partial charge >= 0.3 is 0 Å². The summed E-state index contributed by atoms with van der Waals surface area (Å²) in [6, 6.07) is 0. The maximum atomic E-state index is 11.7. The molecule has 1 aliphatic heterocycles. The first-order chi connectivity index (χ1) is 11.6. The summed E-state index contributed by atoms with van der Waals surface area (Å²) in [5.74, 6) is 0. The van der Waals surface area contributed by atoms with Crippen LogP contribution in [-0.2, 0) is 4.74 Å². The lowest BCUT2D eigenvalue weighted by Crippen LogP contribution is -2.58. The van der Waals surface area contributed by atoms with Gasteiger partial charge in [-0.25, -0.2) is 0 Å². The van der Waals surface area contributed by atoms with E-state index < -0.39 is 5.60 Å². The summed E-state index contributed by atoms with van der Waals surface area (Å²) in [7, 11) is 1.69. The number of rotatable bonds is 6. The lowest BCUT2D eigenvalue weighted by atomic mass is 9.79. The highest BCUT2D eigenvalue weighted by Crippen LogP contribution is 2.39. The van der Waals surface area contributed by atoms with Crippen molar-refractivity contribution >= 4 is 0 Å². The van der Waals surface area contributed by atoms with Crippen LogP contribution < -0.4 is 0 Å². The van der Waals surface area contributed by atoms with Gasteiger partial charge < -0.3 is 4.74 Å². The van der Waals surface area contributed by atoms with Crippen molar-refractivity contribution in [3.63, 3.8) is 0 Å². The molecule has 0 radical (unpaired) electrons. The number of methoxy groups -OCH3 is 1. The Labute approximate surface area is 152 Å². The fraction of sp³-hybridized carbons (Fsp3) is 0.900. The van der Waals surface area contributed by atoms with Crippen molar-refractivity contribution in [1.82, 2.24) is 4.90 Å². The summed E-state index contributed by atoms with van der Waals surface area (Å²) >= 11 is 0. The van der Waals surface area contributed by atoms with Crippen LogP contribution >= 0.6 is 0 Å². The van der Waals surface area contributed by atoms with E-state index in [1.54, 1.807) is 7.11 Å². The van der Waals surface area contributed by atoms with E-state index in [0.717, 1.165) is 45.1 Å². The molecule has 5 heteroatoms. The van der Waals surface area contributed by atoms with Crippen LogP contribution in [0.5, 0.6) is 0 Å². The molecule has 1 saturated carbocycles. The number of piperidine rings is 1. The largest absolute Gasteiger partial charge is 0.374 e. The van der Waals surface area contributed by atoms with Crippen LogP contribution in [0.4, 0.5) is 0 Å². The van der Waals surface area contributed by atoms with Crippen LogP contribution in [0.15, 0.2) is 11.8 Å². The molecule has 0 amide bonds. The van der Waals surface area contributed by atoms with Gasteiger partial charge in [-0.2, -0.15) is 0 Å². The highest BCUT2D eigenvalue weighted by atomic mass is 16.6. The summed E-state index contributed by atoms with van der Waals surface area (Å²) in [6.45, 7) is 9.79. The maximum absolute atomic E-state index is 11.7. The number of hydrogen-bond acceptors (Lipinski definition) is 4. The van der Waals surface area contributed by atoms with Crippen molar-refractivity contribution < 1.29 is 9.66 Å². The normalized spacial score (nSPS) is 26.4. The molecule has 2 rings (SSSR count). The Morgan fingerprint density at radius 1 is 1.04 bits per heavy atom. The van der Waals surface area contributed by atoms with Gasteiger partial charge in [0.15, 0.2) is 0 Å². The first-order valence-corrected chi connectivity index (χ1v) is 9.81. The second kappa shape index (κ2) is 7.75. The quantitative estimate of drug-likeness (QED) is 0.502. The van der Waals surface area contributed by atoms with Crippen LogP contribution in [0.1, 0.15) is 85.5 Å². The molecule has 1 saturated heterocycles. The van der Waals surface area contributed by atoms with Crippen LogP contribution in [0.25, 0.3) is 0 Å². The summed E-state index contributed by atoms with van der Waals surface area (Å²) in [5.41, 5.74) is 0.0644. The van der Waals surface area contributed by atoms with Gasteiger partial charge in [-0.05, 0) is 59.8 Å². The second-order valence-corrected chi connectivity index (χ2v) is 9.10. The van der Waals surface area contributed by atoms with Crippen LogP contribution in [-0.4, -0.2) is 40.2 Å². The average Bonchev–Trinajstić information content (AvgIpc) is 2.53. The van der Waals surface area contributed by atoms with Gasteiger partial charge in [-0.1, -0.05) is 19.3 Å². The Hall–Kier alpha value is -0.940. The molecule has 0 aromatic rings. The molecule has 0 atom stereocenters. The molecule has 2 fully saturated rings. The number of ether oxygens (including phenoxy) is 1. The monoisotopic (exact) mass is 352 g/mol. The van der Waals surface area contributed by atoms with Gasteiger partial charge in [-0.15, -0.1) is 0 Å². The SMILES string of the molecule is COC1(/C=C(\CCN2C(C)(C)CCCC2(C)C)[N+](=O)[O-])CCCCC1. The van der Waals surface area contributed by atoms with E-state index in [4.69, 9.17) is 4.74 Å². The summed E-state index contributed by atoms with van der Waals surface area (Å²) in [4.78, 5) is 14.0. The van der Waals surface area contributed by atoms with Crippen LogP contribution in [0.2, 0.25) is 0 Å². The van der Waals surface area contributed by atoms with Crippen molar-refractivity contribution in [1.29, 1.82) is 0 Å². The van der Waals surface area contributed by atoms with Crippen molar-refractivity contribution in [2.75, 3.05) is 13.7 Å². The molecular formula is C20H36N2O3. The van der Waals surface area contributed by atoms with E-state index in [-0.39, 0.29) is 16.0 Å². The minimum Gasteiger partial charge on any atom is -0.374 e. The molecule has 144 valence electrons. The number of likely N-dealkylation sites (tertiary alicyclic amines) is 1. The Balaban J connectivity index is 2.16. The molecule has 1 aliphatic carbocycles. The molecule has 0 spiro atoms. The van der Waals surface area contributed by atoms with Gasteiger partial charge in [0.25, 0.3) is 0 Å². The Morgan fingerprint density at radius 2 is 1.60 bits per heavy atom. The number of nitrogens with zero attached hydrogens (tertiary/aromatic N) is 2. The molecule has 2 aliphatic rings. The van der Waals surface area contributed by atoms with E-state index in [1.165, 1.54) is 12.8 Å². The molecule has 1 heterocycles. The molecular weight excluding hydrogens is 316 g/mol. The van der Waals surface area contributed by atoms with Crippen molar-refractivity contribution in [2.24, 2.45) is 0 Å². The second-order valence-electron chi connectivity index (χ2n) is 9.10. The standard InChI is InChI=1S/C20H36N2O3/c1-18(2)11-9-12-19(3,4)21(18)15-10-17(22(23)24)16-20(25-5)13-7-6-8-14-20/h16H,6-15H2,1-5H3/b17-16+. The molecule has 0 unspecified atom stereocenters. The molecule has 0 aromatic carbocycles. The molecule has 25 heavy (non-hydrogen) atoms. The first-order valence-electron chi connectivity index (χ1n) is 9.81. The van der Waals surface area contributed by atoms with Crippen molar-refractivity contribution in [3.05, 3.63) is 21.9 Å². The lowest BCUT2D eigenvalue weighted by Gasteiger charge is -2.53. The zero-order valence-electron chi connectivity index (χ0n) is 16.8. The molecule has 0 aromatic heterocycles. The fourth-order valence-corrected chi connectivity index (χ4v) is 4.95. The van der Waals surface area contributed by atoms with Gasteiger partial charge in [0.2, 0.25) is 5.70 Å². The zero-order valence-corrected chi connectivity index (χ0v) is 16.8. The molecule has 5 nitrogen and oxygen atoms in total. The number of nitro groups is 1. The van der Waals surface area contributed by atoms with E-state index in [0.29, 0.717) is 12.1 Å². The van der Waals surface area contributed by atoms with E-state index >= 15 is 0 Å². The van der Waals surface area contributed by atoms with Gasteiger partial charge in [0, 0.05) is 30.8 Å². The van der Waals surface area contributed by atoms with Crippen LogP contribution in [0, 0.1) is 10.1 Å². The Kier molecular flexibility index (Phi) is 6.31. The smallest absolute Gasteiger partial charge is 0.246 e. The van der Waals surface area contributed by atoms with Crippen molar-refractivity contribution in [2.45, 2.75) is 102 Å². The summed E-state index contributed by atoms with van der Waals surface area (Å²) in [6.07, 6.45) is 11.0. The van der Waals surface area contributed by atoms with Gasteiger partial charge in [0.05, 0.1) is 16.9 Å². The zero-order chi connectivity index (χ0) is 18.7. The predicted octanol–water partition coefficient (Wildman–Crippen LogP) is 4.93. The highest BCUT2D eigenvalue weighted by Gasteiger charge is 2.41. The highest BCUT2D eigenvalue weighted by molar-refractivity contribution is 5.09. The minimum atomic E-state index is -0.437. The molecule has 0 bridgehead atoms. The average molecular weight is 353 g/mol. The number of hydrogen-bond donors (Lipinski definition) is 0. The van der Waals surface area contributed by atoms with E-state index in [1.807, 2.05) is 6.08 Å². The maximum Gasteiger partial charge on any atom is 0.246 e. The topological polar surface area (TPSA) is 55.6 Å². The summed E-state index contributed by atoms with van der Waals surface area (Å²) < 4.78 is 5.74. The Morgan fingerprint density at radius 3 is 2.08 bits per heavy atom. The Bertz CT molecular complexity index is 489. The van der Waals surface area contributed by atoms with Crippen LogP contribution in [0.3, 0.4) is 0 Å². The third-order valence-corrected chi connectivity index (χ3v) is 6.40. The summed E-state index contributed by atoms with van der Waals surface area (Å²) in [5, 5.41) is 11.7. The molecule has 0 N–H and O–H groups in total. The lowest BCUT2D eigenvalue weighted by molar-refractivity contribution is -0.429. The van der Waals surface area contributed by atoms with E-state index in [2.05, 4.69) is 32.6 Å². The first kappa shape index (κ1) is 20.4.